The number of anilines is 1. The van der Waals surface area contributed by atoms with Crippen LogP contribution in [0.25, 0.3) is 11.2 Å². The summed E-state index contributed by atoms with van der Waals surface area (Å²) in [5.74, 6) is -0.627. The molecule has 30 heavy (non-hydrogen) atoms. The molecule has 0 unspecified atom stereocenters. The van der Waals surface area contributed by atoms with Gasteiger partial charge in [0.2, 0.25) is 5.78 Å². The molecule has 3 aromatic heterocycles. The van der Waals surface area contributed by atoms with Crippen molar-refractivity contribution in [1.29, 1.82) is 0 Å². The molecule has 0 amide bonds. The molecule has 11 heteroatoms. The number of fused-ring (bicyclic) bond motifs is 1. The molecule has 0 fully saturated rings. The van der Waals surface area contributed by atoms with Crippen molar-refractivity contribution in [3.05, 3.63) is 70.7 Å². The second-order valence-electron chi connectivity index (χ2n) is 6.41. The Hall–Kier alpha value is -3.37. The van der Waals surface area contributed by atoms with Crippen LogP contribution >= 0.6 is 11.6 Å². The molecule has 4 rings (SSSR count). The molecule has 0 saturated carbocycles. The van der Waals surface area contributed by atoms with Gasteiger partial charge in [0.15, 0.2) is 5.65 Å². The van der Waals surface area contributed by atoms with Gasteiger partial charge in [0, 0.05) is 12.6 Å². The van der Waals surface area contributed by atoms with E-state index < -0.39 is 15.8 Å². The summed E-state index contributed by atoms with van der Waals surface area (Å²) in [6.07, 6.45) is 3.91. The second-order valence-corrected chi connectivity index (χ2v) is 8.50. The highest BCUT2D eigenvalue weighted by atomic mass is 35.5. The summed E-state index contributed by atoms with van der Waals surface area (Å²) < 4.78 is 35.9. The van der Waals surface area contributed by atoms with E-state index >= 15 is 0 Å². The largest absolute Gasteiger partial charge is 0.341 e. The van der Waals surface area contributed by atoms with Gasteiger partial charge in [-0.15, -0.1) is 0 Å². The number of aromatic nitrogens is 5. The Morgan fingerprint density at radius 1 is 1.17 bits per heavy atom. The van der Waals surface area contributed by atoms with Crippen molar-refractivity contribution in [1.82, 2.24) is 24.9 Å². The van der Waals surface area contributed by atoms with Gasteiger partial charge in [0.05, 0.1) is 16.9 Å². The number of pyridine rings is 1. The molecule has 0 aliphatic rings. The predicted octanol–water partition coefficient (Wildman–Crippen LogP) is 3.05. The Labute approximate surface area is 178 Å². The van der Waals surface area contributed by atoms with Gasteiger partial charge < -0.3 is 4.98 Å². The predicted molar refractivity (Wildman–Crippen MR) is 111 cm³/mol. The zero-order valence-electron chi connectivity index (χ0n) is 16.5. The number of rotatable bonds is 5. The second kappa shape index (κ2) is 7.47. The first-order valence-corrected chi connectivity index (χ1v) is 10.4. The Morgan fingerprint density at radius 2 is 2.00 bits per heavy atom. The van der Waals surface area contributed by atoms with E-state index in [1.807, 2.05) is 0 Å². The van der Waals surface area contributed by atoms with Gasteiger partial charge in [0.1, 0.15) is 23.2 Å². The fraction of sp³-hybridized carbons (Fsp3) is 0.105. The van der Waals surface area contributed by atoms with Gasteiger partial charge in [-0.3, -0.25) is 14.5 Å². The molecule has 0 spiro atoms. The highest BCUT2D eigenvalue weighted by molar-refractivity contribution is 7.92. The lowest BCUT2D eigenvalue weighted by Crippen LogP contribution is -2.18. The first-order chi connectivity index (χ1) is 14.8. The summed E-state index contributed by atoms with van der Waals surface area (Å²) >= 11 is 5.99. The highest BCUT2D eigenvalue weighted by Crippen LogP contribution is 2.25. The summed E-state index contributed by atoms with van der Waals surface area (Å²) in [4.78, 5) is 32.1. The molecule has 0 bridgehead atoms. The average Bonchev–Trinajstić information content (AvgIpc) is 3.23. The molecule has 0 radical (unpaired) electrons. The van der Waals surface area contributed by atoms with Gasteiger partial charge >= 0.3 is 0 Å². The maximum Gasteiger partial charge on any atom is 0.261 e. The number of benzene rings is 1. The van der Waals surface area contributed by atoms with E-state index in [2.05, 4.69) is 29.6 Å². The van der Waals surface area contributed by atoms with E-state index in [4.69, 9.17) is 13.0 Å². The quantitative estimate of drug-likeness (QED) is 0.453. The Bertz CT molecular complexity index is 1420. The Balaban J connectivity index is 1.80. The van der Waals surface area contributed by atoms with Crippen molar-refractivity contribution >= 4 is 44.3 Å². The van der Waals surface area contributed by atoms with Gasteiger partial charge in [-0.05, 0) is 49.2 Å². The minimum atomic E-state index is -4.06. The minimum absolute atomic E-state index is 0.00333. The number of nitrogens with zero attached hydrogens (tertiary/aromatic N) is 4. The van der Waals surface area contributed by atoms with Crippen LogP contribution < -0.4 is 4.72 Å². The van der Waals surface area contributed by atoms with Gasteiger partial charge in [-0.2, -0.15) is 0 Å². The highest BCUT2D eigenvalue weighted by Gasteiger charge is 2.24. The minimum Gasteiger partial charge on any atom is -0.341 e. The molecule has 0 aliphatic carbocycles. The number of carbonyl (C=O) groups excluding carboxylic acids is 1. The molecule has 2 N–H and O–H groups in total. The molecule has 0 atom stereocenters. The zero-order valence-corrected chi connectivity index (χ0v) is 17.1. The first kappa shape index (κ1) is 18.6. The topological polar surface area (TPSA) is 131 Å². The zero-order chi connectivity index (χ0) is 22.2. The fourth-order valence-corrected chi connectivity index (χ4v) is 4.06. The van der Waals surface area contributed by atoms with Crippen LogP contribution in [-0.2, 0) is 10.0 Å². The van der Waals surface area contributed by atoms with E-state index in [0.717, 1.165) is 0 Å². The molecular weight excluding hydrogens is 428 g/mol. The molecule has 152 valence electrons. The molecule has 1 aromatic carbocycles. The van der Waals surface area contributed by atoms with Crippen molar-refractivity contribution < 1.29 is 14.6 Å². The van der Waals surface area contributed by atoms with Crippen molar-refractivity contribution in [2.24, 2.45) is 0 Å². The SMILES string of the molecule is [2H]Cc1cnc(C(=O)c2ncnc3nc[nH]c23)c(NS(=O)(=O)c2ccc(Cl)c(C)c2)c1. The summed E-state index contributed by atoms with van der Waals surface area (Å²) in [5.41, 5.74) is 1.38. The molecule has 0 saturated heterocycles. The van der Waals surface area contributed by atoms with Crippen LogP contribution in [0, 0.1) is 13.8 Å². The number of H-pyrrole nitrogens is 1. The normalized spacial score (nSPS) is 12.0. The third kappa shape index (κ3) is 3.62. The molecular formula is C19H15ClN6O3S. The summed E-state index contributed by atoms with van der Waals surface area (Å²) in [6, 6.07) is 5.66. The first-order valence-electron chi connectivity index (χ1n) is 9.27. The average molecular weight is 444 g/mol. The number of halogens is 1. The number of nitrogens with one attached hydrogen (secondary N) is 2. The Kier molecular flexibility index (Phi) is 4.64. The molecule has 4 aromatic rings. The van der Waals surface area contributed by atoms with Crippen molar-refractivity contribution in [2.45, 2.75) is 18.7 Å². The smallest absolute Gasteiger partial charge is 0.261 e. The van der Waals surface area contributed by atoms with E-state index in [9.17, 15) is 13.2 Å². The Morgan fingerprint density at radius 3 is 2.77 bits per heavy atom. The maximum atomic E-state index is 13.2. The van der Waals surface area contributed by atoms with Crippen LogP contribution in [0.5, 0.6) is 0 Å². The lowest BCUT2D eigenvalue weighted by molar-refractivity contribution is 0.103. The summed E-state index contributed by atoms with van der Waals surface area (Å²) in [5, 5.41) is 0.431. The number of hydrogen-bond donors (Lipinski definition) is 2. The van der Waals surface area contributed by atoms with Crippen LogP contribution in [0.3, 0.4) is 0 Å². The maximum absolute atomic E-state index is 13.2. The van der Waals surface area contributed by atoms with Crippen LogP contribution in [0.4, 0.5) is 5.69 Å². The number of carbonyl (C=O) groups is 1. The number of aryl methyl sites for hydroxylation is 2. The number of hydrogen-bond acceptors (Lipinski definition) is 7. The molecule has 3 heterocycles. The van der Waals surface area contributed by atoms with Gasteiger partial charge in [-0.1, -0.05) is 11.6 Å². The summed E-state index contributed by atoms with van der Waals surface area (Å²) in [7, 11) is -4.06. The number of aromatic amines is 1. The standard InChI is InChI=1S/C19H15ClN6O3S/c1-10-5-14(26-30(28,29)12-3-4-13(20)11(2)6-12)15(21-7-10)18(27)16-17-19(24-8-22-16)25-9-23-17/h3-9,26H,1-2H3,(H,22,23,24,25)/i1D. The van der Waals surface area contributed by atoms with Crippen molar-refractivity contribution in [3.63, 3.8) is 0 Å². The van der Waals surface area contributed by atoms with E-state index in [1.54, 1.807) is 6.92 Å². The van der Waals surface area contributed by atoms with Crippen LogP contribution in [0.1, 0.15) is 28.7 Å². The van der Waals surface area contributed by atoms with Gasteiger partial charge in [0.25, 0.3) is 10.0 Å². The monoisotopic (exact) mass is 443 g/mol. The lowest BCUT2D eigenvalue weighted by atomic mass is 10.1. The number of ketones is 1. The summed E-state index contributed by atoms with van der Waals surface area (Å²) in [6.45, 7) is 1.54. The van der Waals surface area contributed by atoms with E-state index in [1.165, 1.54) is 43.1 Å². The number of sulfonamides is 1. The van der Waals surface area contributed by atoms with Crippen molar-refractivity contribution in [3.8, 4) is 0 Å². The lowest BCUT2D eigenvalue weighted by Gasteiger charge is -2.13. The molecule has 0 aliphatic heterocycles. The van der Waals surface area contributed by atoms with Gasteiger partial charge in [-0.25, -0.2) is 23.4 Å². The third-order valence-corrected chi connectivity index (χ3v) is 6.07. The van der Waals surface area contributed by atoms with Crippen LogP contribution in [-0.4, -0.2) is 39.1 Å². The number of imidazole rings is 1. The van der Waals surface area contributed by atoms with Crippen LogP contribution in [0.15, 0.2) is 48.0 Å². The van der Waals surface area contributed by atoms with Crippen LogP contribution in [0.2, 0.25) is 5.02 Å². The molecule has 9 nitrogen and oxygen atoms in total. The van der Waals surface area contributed by atoms with E-state index in [-0.39, 0.29) is 28.9 Å². The third-order valence-electron chi connectivity index (χ3n) is 4.28. The fourth-order valence-electron chi connectivity index (χ4n) is 2.80. The van der Waals surface area contributed by atoms with Crippen molar-refractivity contribution in [2.75, 3.05) is 4.72 Å². The van der Waals surface area contributed by atoms with E-state index in [0.29, 0.717) is 27.3 Å².